The first-order valence-corrected chi connectivity index (χ1v) is 9.96. The van der Waals surface area contributed by atoms with Crippen LogP contribution in [0.3, 0.4) is 0 Å². The summed E-state index contributed by atoms with van der Waals surface area (Å²) in [4.78, 5) is 13.2. The molecular formula is C24H24Cl2O. The molecule has 1 fully saturated rings. The number of hydrogen-bond acceptors (Lipinski definition) is 1. The van der Waals surface area contributed by atoms with E-state index in [9.17, 15) is 4.79 Å². The zero-order valence-electron chi connectivity index (χ0n) is 15.9. The van der Waals surface area contributed by atoms with E-state index in [1.54, 1.807) is 0 Å². The molecule has 1 aliphatic carbocycles. The number of ketones is 1. The minimum absolute atomic E-state index is 0.0929. The summed E-state index contributed by atoms with van der Waals surface area (Å²) in [7, 11) is 0. The number of benzene rings is 2. The molecule has 0 amide bonds. The molecule has 27 heavy (non-hydrogen) atoms. The van der Waals surface area contributed by atoms with Gasteiger partial charge in [0.2, 0.25) is 0 Å². The molecule has 0 N–H and O–H groups in total. The van der Waals surface area contributed by atoms with Gasteiger partial charge in [0, 0.05) is 21.2 Å². The van der Waals surface area contributed by atoms with Crippen LogP contribution in [0.1, 0.15) is 44.7 Å². The molecule has 1 aliphatic rings. The second-order valence-corrected chi connectivity index (χ2v) is 9.00. The predicted octanol–water partition coefficient (Wildman–Crippen LogP) is 7.49. The van der Waals surface area contributed by atoms with Gasteiger partial charge < -0.3 is 0 Å². The summed E-state index contributed by atoms with van der Waals surface area (Å²) < 4.78 is 0. The Bertz CT molecular complexity index is 848. The summed E-state index contributed by atoms with van der Waals surface area (Å²) in [6, 6.07) is 15.3. The molecule has 1 nitrogen and oxygen atoms in total. The Balaban J connectivity index is 2.05. The normalized spacial score (nSPS) is 21.1. The Morgan fingerprint density at radius 3 is 1.59 bits per heavy atom. The largest absolute Gasteiger partial charge is 0.289 e. The van der Waals surface area contributed by atoms with Crippen LogP contribution in [0.25, 0.3) is 12.2 Å². The van der Waals surface area contributed by atoms with Crippen molar-refractivity contribution in [1.82, 2.24) is 0 Å². The van der Waals surface area contributed by atoms with E-state index in [1.165, 1.54) is 0 Å². The highest BCUT2D eigenvalue weighted by molar-refractivity contribution is 6.33. The first-order valence-electron chi connectivity index (χ1n) is 9.20. The molecule has 0 saturated heterocycles. The third kappa shape index (κ3) is 4.72. The van der Waals surface area contributed by atoms with Crippen LogP contribution in [-0.4, -0.2) is 5.78 Å². The first kappa shape index (κ1) is 19.9. The SMILES string of the molecule is CC(C)(C)C1C/C(=C/c2ccccc2Cl)C(=O)/C(=C/c2ccccc2Cl)C1. The highest BCUT2D eigenvalue weighted by atomic mass is 35.5. The van der Waals surface area contributed by atoms with Gasteiger partial charge in [0.25, 0.3) is 0 Å². The molecule has 2 aromatic rings. The number of Topliss-reactive ketones (excluding diaryl/α,β-unsaturated/α-hetero) is 1. The summed E-state index contributed by atoms with van der Waals surface area (Å²) >= 11 is 12.6. The van der Waals surface area contributed by atoms with Gasteiger partial charge in [-0.3, -0.25) is 4.79 Å². The number of rotatable bonds is 2. The fourth-order valence-electron chi connectivity index (χ4n) is 3.42. The van der Waals surface area contributed by atoms with Crippen molar-refractivity contribution in [1.29, 1.82) is 0 Å². The van der Waals surface area contributed by atoms with Crippen molar-refractivity contribution in [3.63, 3.8) is 0 Å². The average molecular weight is 399 g/mol. The lowest BCUT2D eigenvalue weighted by atomic mass is 9.68. The van der Waals surface area contributed by atoms with Gasteiger partial charge in [0.15, 0.2) is 5.78 Å². The third-order valence-corrected chi connectivity index (χ3v) is 5.90. The molecule has 1 atom stereocenters. The molecule has 140 valence electrons. The highest BCUT2D eigenvalue weighted by Gasteiger charge is 2.34. The van der Waals surface area contributed by atoms with Crippen molar-refractivity contribution in [2.45, 2.75) is 33.6 Å². The zero-order valence-corrected chi connectivity index (χ0v) is 17.4. The van der Waals surface area contributed by atoms with Crippen LogP contribution in [0.15, 0.2) is 59.7 Å². The van der Waals surface area contributed by atoms with Gasteiger partial charge in [0.1, 0.15) is 0 Å². The number of hydrogen-bond donors (Lipinski definition) is 0. The number of allylic oxidation sites excluding steroid dienone is 2. The fourth-order valence-corrected chi connectivity index (χ4v) is 3.80. The van der Waals surface area contributed by atoms with E-state index in [-0.39, 0.29) is 11.2 Å². The van der Waals surface area contributed by atoms with Crippen LogP contribution in [0.4, 0.5) is 0 Å². The van der Waals surface area contributed by atoms with Crippen LogP contribution in [0.2, 0.25) is 10.0 Å². The molecular weight excluding hydrogens is 375 g/mol. The molecule has 0 bridgehead atoms. The van der Waals surface area contributed by atoms with Crippen molar-refractivity contribution in [3.8, 4) is 0 Å². The molecule has 0 heterocycles. The Hall–Kier alpha value is -1.83. The van der Waals surface area contributed by atoms with E-state index < -0.39 is 0 Å². The van der Waals surface area contributed by atoms with Gasteiger partial charge in [-0.05, 0) is 59.6 Å². The van der Waals surface area contributed by atoms with E-state index >= 15 is 0 Å². The van der Waals surface area contributed by atoms with Crippen LogP contribution < -0.4 is 0 Å². The average Bonchev–Trinajstić information content (AvgIpc) is 2.61. The minimum Gasteiger partial charge on any atom is -0.289 e. The van der Waals surface area contributed by atoms with E-state index in [2.05, 4.69) is 20.8 Å². The Labute approximate surface area is 171 Å². The summed E-state index contributed by atoms with van der Waals surface area (Å²) in [6.45, 7) is 6.69. The molecule has 0 aromatic heterocycles. The van der Waals surface area contributed by atoms with Crippen LogP contribution in [-0.2, 0) is 4.79 Å². The summed E-state index contributed by atoms with van der Waals surface area (Å²) in [5.74, 6) is 0.466. The fraction of sp³-hybridized carbons (Fsp3) is 0.292. The summed E-state index contributed by atoms with van der Waals surface area (Å²) in [5, 5.41) is 1.32. The zero-order chi connectivity index (χ0) is 19.6. The predicted molar refractivity (Wildman–Crippen MR) is 116 cm³/mol. The maximum absolute atomic E-state index is 13.2. The lowest BCUT2D eigenvalue weighted by Crippen LogP contribution is -2.29. The van der Waals surface area contributed by atoms with Crippen LogP contribution in [0.5, 0.6) is 0 Å². The minimum atomic E-state index is 0.0929. The van der Waals surface area contributed by atoms with Gasteiger partial charge in [-0.1, -0.05) is 80.4 Å². The highest BCUT2D eigenvalue weighted by Crippen LogP contribution is 2.42. The molecule has 1 unspecified atom stereocenters. The second-order valence-electron chi connectivity index (χ2n) is 8.18. The standard InChI is InChI=1S/C24H24Cl2O/c1-24(2,3)20-14-18(12-16-8-4-6-10-21(16)25)23(27)19(15-20)13-17-9-5-7-11-22(17)26/h4-13,20H,14-15H2,1-3H3/b18-12-,19-13+. The summed E-state index contributed by atoms with van der Waals surface area (Å²) in [6.07, 6.45) is 5.41. The van der Waals surface area contributed by atoms with E-state index in [1.807, 2.05) is 60.7 Å². The monoisotopic (exact) mass is 398 g/mol. The van der Waals surface area contributed by atoms with Gasteiger partial charge >= 0.3 is 0 Å². The lowest BCUT2D eigenvalue weighted by Gasteiger charge is -2.35. The van der Waals surface area contributed by atoms with Gasteiger partial charge in [-0.15, -0.1) is 0 Å². The topological polar surface area (TPSA) is 17.1 Å². The van der Waals surface area contributed by atoms with Crippen molar-refractivity contribution >= 4 is 41.1 Å². The van der Waals surface area contributed by atoms with Crippen molar-refractivity contribution in [2.75, 3.05) is 0 Å². The van der Waals surface area contributed by atoms with Gasteiger partial charge in [0.05, 0.1) is 0 Å². The van der Waals surface area contributed by atoms with Crippen LogP contribution in [0, 0.1) is 11.3 Å². The van der Waals surface area contributed by atoms with Crippen LogP contribution >= 0.6 is 23.2 Å². The Morgan fingerprint density at radius 2 is 1.22 bits per heavy atom. The summed E-state index contributed by atoms with van der Waals surface area (Å²) in [5.41, 5.74) is 3.49. The van der Waals surface area contributed by atoms with Crippen molar-refractivity contribution in [2.24, 2.45) is 11.3 Å². The Kier molecular flexibility index (Phi) is 5.93. The van der Waals surface area contributed by atoms with Gasteiger partial charge in [-0.25, -0.2) is 0 Å². The smallest absolute Gasteiger partial charge is 0.185 e. The number of halogens is 2. The maximum Gasteiger partial charge on any atom is 0.185 e. The van der Waals surface area contributed by atoms with E-state index in [0.29, 0.717) is 16.0 Å². The molecule has 0 spiro atoms. The quantitative estimate of drug-likeness (QED) is 0.478. The third-order valence-electron chi connectivity index (χ3n) is 5.21. The first-order chi connectivity index (χ1) is 12.8. The number of carbonyl (C=O) groups is 1. The maximum atomic E-state index is 13.2. The van der Waals surface area contributed by atoms with Gasteiger partial charge in [-0.2, -0.15) is 0 Å². The van der Waals surface area contributed by atoms with Crippen molar-refractivity contribution < 1.29 is 4.79 Å². The molecule has 1 saturated carbocycles. The van der Waals surface area contributed by atoms with E-state index in [0.717, 1.165) is 35.1 Å². The molecule has 3 rings (SSSR count). The molecule has 3 heteroatoms. The second kappa shape index (κ2) is 8.04. The molecule has 0 aliphatic heterocycles. The number of carbonyl (C=O) groups excluding carboxylic acids is 1. The lowest BCUT2D eigenvalue weighted by molar-refractivity contribution is -0.113. The molecule has 2 aromatic carbocycles. The van der Waals surface area contributed by atoms with E-state index in [4.69, 9.17) is 23.2 Å². The Morgan fingerprint density at radius 1 is 0.815 bits per heavy atom. The van der Waals surface area contributed by atoms with Crippen molar-refractivity contribution in [3.05, 3.63) is 80.8 Å². The molecule has 0 radical (unpaired) electrons.